The second-order valence-corrected chi connectivity index (χ2v) is 4.39. The van der Waals surface area contributed by atoms with Crippen LogP contribution in [-0.2, 0) is 16.0 Å². The van der Waals surface area contributed by atoms with Gasteiger partial charge in [-0.1, -0.05) is 0 Å². The van der Waals surface area contributed by atoms with Crippen molar-refractivity contribution in [1.29, 1.82) is 0 Å². The Hall–Kier alpha value is -2.56. The zero-order chi connectivity index (χ0) is 14.4. The topological polar surface area (TPSA) is 71.3 Å². The Morgan fingerprint density at radius 1 is 1.05 bits per heavy atom. The fourth-order valence-electron chi connectivity index (χ4n) is 1.76. The number of benzene rings is 1. The number of rotatable bonds is 5. The first-order chi connectivity index (χ1) is 9.63. The van der Waals surface area contributed by atoms with E-state index in [0.29, 0.717) is 24.2 Å². The van der Waals surface area contributed by atoms with Crippen molar-refractivity contribution >= 4 is 23.2 Å². The Morgan fingerprint density at radius 3 is 2.25 bits per heavy atom. The van der Waals surface area contributed by atoms with Crippen molar-refractivity contribution < 1.29 is 14.0 Å². The van der Waals surface area contributed by atoms with E-state index in [1.165, 1.54) is 6.92 Å². The van der Waals surface area contributed by atoms with Crippen molar-refractivity contribution in [2.75, 3.05) is 10.6 Å². The number of carbonyl (C=O) groups excluding carboxylic acids is 2. The van der Waals surface area contributed by atoms with E-state index < -0.39 is 0 Å². The Morgan fingerprint density at radius 2 is 1.70 bits per heavy atom. The molecule has 0 saturated carbocycles. The van der Waals surface area contributed by atoms with Crippen molar-refractivity contribution in [2.45, 2.75) is 19.8 Å². The van der Waals surface area contributed by atoms with Gasteiger partial charge in [-0.2, -0.15) is 0 Å². The van der Waals surface area contributed by atoms with Gasteiger partial charge in [-0.25, -0.2) is 0 Å². The number of amides is 2. The molecule has 0 aliphatic rings. The molecule has 0 aliphatic heterocycles. The lowest BCUT2D eigenvalue weighted by Gasteiger charge is -2.06. The third-order valence-electron chi connectivity index (χ3n) is 2.67. The van der Waals surface area contributed by atoms with Crippen molar-refractivity contribution in [3.8, 4) is 0 Å². The van der Waals surface area contributed by atoms with E-state index in [0.717, 1.165) is 5.76 Å². The van der Waals surface area contributed by atoms with Crippen LogP contribution in [0.4, 0.5) is 11.4 Å². The summed E-state index contributed by atoms with van der Waals surface area (Å²) in [5, 5.41) is 5.46. The van der Waals surface area contributed by atoms with Crippen LogP contribution >= 0.6 is 0 Å². The van der Waals surface area contributed by atoms with Crippen molar-refractivity contribution in [2.24, 2.45) is 0 Å². The number of furan rings is 1. The van der Waals surface area contributed by atoms with E-state index in [1.807, 2.05) is 6.07 Å². The highest BCUT2D eigenvalue weighted by atomic mass is 16.3. The van der Waals surface area contributed by atoms with Crippen LogP contribution in [0.2, 0.25) is 0 Å². The van der Waals surface area contributed by atoms with Crippen molar-refractivity contribution in [3.63, 3.8) is 0 Å². The van der Waals surface area contributed by atoms with Gasteiger partial charge in [0, 0.05) is 31.1 Å². The molecule has 5 heteroatoms. The second kappa shape index (κ2) is 6.56. The summed E-state index contributed by atoms with van der Waals surface area (Å²) in [5.41, 5.74) is 1.40. The molecular weight excluding hydrogens is 256 g/mol. The lowest BCUT2D eigenvalue weighted by atomic mass is 10.2. The zero-order valence-corrected chi connectivity index (χ0v) is 11.2. The molecule has 1 heterocycles. The van der Waals surface area contributed by atoms with Gasteiger partial charge < -0.3 is 15.1 Å². The molecule has 0 saturated heterocycles. The van der Waals surface area contributed by atoms with E-state index in [1.54, 1.807) is 36.6 Å². The largest absolute Gasteiger partial charge is 0.469 e. The van der Waals surface area contributed by atoms with Crippen LogP contribution in [0.3, 0.4) is 0 Å². The van der Waals surface area contributed by atoms with Crippen LogP contribution in [-0.4, -0.2) is 11.8 Å². The van der Waals surface area contributed by atoms with Crippen LogP contribution in [0.1, 0.15) is 19.1 Å². The van der Waals surface area contributed by atoms with Crippen LogP contribution < -0.4 is 10.6 Å². The molecule has 0 unspecified atom stereocenters. The molecule has 0 aliphatic carbocycles. The van der Waals surface area contributed by atoms with Crippen molar-refractivity contribution in [3.05, 3.63) is 48.4 Å². The molecule has 104 valence electrons. The van der Waals surface area contributed by atoms with Gasteiger partial charge >= 0.3 is 0 Å². The minimum absolute atomic E-state index is 0.0753. The smallest absolute Gasteiger partial charge is 0.224 e. The molecule has 0 fully saturated rings. The summed E-state index contributed by atoms with van der Waals surface area (Å²) in [6.07, 6.45) is 2.53. The van der Waals surface area contributed by atoms with Crippen LogP contribution in [0.5, 0.6) is 0 Å². The molecule has 0 atom stereocenters. The lowest BCUT2D eigenvalue weighted by Crippen LogP contribution is -2.12. The van der Waals surface area contributed by atoms with Gasteiger partial charge in [-0.3, -0.25) is 9.59 Å². The molecule has 1 aromatic carbocycles. The predicted octanol–water partition coefficient (Wildman–Crippen LogP) is 2.81. The van der Waals surface area contributed by atoms with Gasteiger partial charge in [-0.15, -0.1) is 0 Å². The maximum Gasteiger partial charge on any atom is 0.224 e. The van der Waals surface area contributed by atoms with Gasteiger partial charge in [0.2, 0.25) is 11.8 Å². The first-order valence-corrected chi connectivity index (χ1v) is 6.33. The molecule has 2 amide bonds. The molecule has 2 rings (SSSR count). The first kappa shape index (κ1) is 13.9. The molecule has 0 radical (unpaired) electrons. The Labute approximate surface area is 117 Å². The minimum Gasteiger partial charge on any atom is -0.469 e. The van der Waals surface area contributed by atoms with Gasteiger partial charge in [0.25, 0.3) is 0 Å². The van der Waals surface area contributed by atoms with Gasteiger partial charge in [0.1, 0.15) is 5.76 Å². The average molecular weight is 272 g/mol. The number of nitrogens with one attached hydrogen (secondary N) is 2. The Bertz CT molecular complexity index is 574. The summed E-state index contributed by atoms with van der Waals surface area (Å²) in [5.74, 6) is 0.593. The van der Waals surface area contributed by atoms with Gasteiger partial charge in [-0.05, 0) is 36.4 Å². The highest BCUT2D eigenvalue weighted by Gasteiger charge is 2.05. The molecule has 5 nitrogen and oxygen atoms in total. The summed E-state index contributed by atoms with van der Waals surface area (Å²) in [6.45, 7) is 1.45. The van der Waals surface area contributed by atoms with E-state index in [2.05, 4.69) is 10.6 Å². The lowest BCUT2D eigenvalue weighted by molar-refractivity contribution is -0.116. The summed E-state index contributed by atoms with van der Waals surface area (Å²) in [4.78, 5) is 22.6. The summed E-state index contributed by atoms with van der Waals surface area (Å²) in [6, 6.07) is 10.6. The third-order valence-corrected chi connectivity index (χ3v) is 2.67. The maximum absolute atomic E-state index is 11.7. The van der Waals surface area contributed by atoms with Crippen LogP contribution in [0.15, 0.2) is 47.1 Å². The maximum atomic E-state index is 11.7. The monoisotopic (exact) mass is 272 g/mol. The van der Waals surface area contributed by atoms with E-state index in [-0.39, 0.29) is 11.8 Å². The molecule has 2 N–H and O–H groups in total. The molecule has 20 heavy (non-hydrogen) atoms. The molecule has 1 aromatic heterocycles. The predicted molar refractivity (Wildman–Crippen MR) is 76.4 cm³/mol. The normalized spacial score (nSPS) is 10.1. The minimum atomic E-state index is -0.125. The Balaban J connectivity index is 1.83. The summed E-state index contributed by atoms with van der Waals surface area (Å²) in [7, 11) is 0. The van der Waals surface area contributed by atoms with Crippen molar-refractivity contribution in [1.82, 2.24) is 0 Å². The average Bonchev–Trinajstić information content (AvgIpc) is 2.91. The molecular formula is C15H16N2O3. The highest BCUT2D eigenvalue weighted by Crippen LogP contribution is 2.14. The molecule has 0 bridgehead atoms. The fraction of sp³-hybridized carbons (Fsp3) is 0.200. The summed E-state index contributed by atoms with van der Waals surface area (Å²) < 4.78 is 5.17. The SMILES string of the molecule is CC(=O)Nc1ccc(NC(=O)CCc2ccco2)cc1. The highest BCUT2D eigenvalue weighted by molar-refractivity contribution is 5.92. The number of anilines is 2. The van der Waals surface area contributed by atoms with Gasteiger partial charge in [0.15, 0.2) is 0 Å². The third kappa shape index (κ3) is 4.28. The fourth-order valence-corrected chi connectivity index (χ4v) is 1.76. The number of hydrogen-bond acceptors (Lipinski definition) is 3. The standard InChI is InChI=1S/C15H16N2O3/c1-11(18)16-12-4-6-13(7-5-12)17-15(19)9-8-14-3-2-10-20-14/h2-7,10H,8-9H2,1H3,(H,16,18)(H,17,19). The Kier molecular flexibility index (Phi) is 4.55. The first-order valence-electron chi connectivity index (χ1n) is 6.33. The zero-order valence-electron chi connectivity index (χ0n) is 11.2. The van der Waals surface area contributed by atoms with Crippen LogP contribution in [0, 0.1) is 0 Å². The van der Waals surface area contributed by atoms with E-state index in [4.69, 9.17) is 4.42 Å². The number of aryl methyl sites for hydroxylation is 1. The summed E-state index contributed by atoms with van der Waals surface area (Å²) >= 11 is 0. The quantitative estimate of drug-likeness (QED) is 0.879. The van der Waals surface area contributed by atoms with Crippen LogP contribution in [0.25, 0.3) is 0 Å². The molecule has 0 spiro atoms. The second-order valence-electron chi connectivity index (χ2n) is 4.39. The number of carbonyl (C=O) groups is 2. The van der Waals surface area contributed by atoms with Gasteiger partial charge in [0.05, 0.1) is 6.26 Å². The molecule has 2 aromatic rings. The number of hydrogen-bond donors (Lipinski definition) is 2. The van der Waals surface area contributed by atoms with E-state index in [9.17, 15) is 9.59 Å². The van der Waals surface area contributed by atoms with E-state index >= 15 is 0 Å².